The molecule has 0 amide bonds. The average Bonchev–Trinajstić information content (AvgIpc) is 3.01. The highest BCUT2D eigenvalue weighted by Crippen LogP contribution is 2.19. The molecule has 24 heavy (non-hydrogen) atoms. The molecule has 0 aliphatic carbocycles. The minimum Gasteiger partial charge on any atom is -0.332 e. The summed E-state index contributed by atoms with van der Waals surface area (Å²) in [7, 11) is 0. The molecule has 0 radical (unpaired) electrons. The number of aromatic amines is 1. The molecule has 0 saturated heterocycles. The minimum atomic E-state index is -0.343. The van der Waals surface area contributed by atoms with Crippen LogP contribution in [0, 0.1) is 0 Å². The zero-order chi connectivity index (χ0) is 17.3. The molecular formula is C16H18ClN5O2. The second-order valence-corrected chi connectivity index (χ2v) is 5.93. The van der Waals surface area contributed by atoms with Crippen LogP contribution in [0.4, 0.5) is 0 Å². The van der Waals surface area contributed by atoms with Crippen LogP contribution in [0.15, 0.2) is 27.9 Å². The number of aryl methyl sites for hydroxylation is 1. The van der Waals surface area contributed by atoms with Crippen LogP contribution in [0.3, 0.4) is 0 Å². The van der Waals surface area contributed by atoms with E-state index in [-0.39, 0.29) is 11.2 Å². The van der Waals surface area contributed by atoms with Crippen molar-refractivity contribution < 1.29 is 0 Å². The maximum atomic E-state index is 12.6. The number of halogens is 1. The number of nitrogens with one attached hydrogen (secondary N) is 1. The second kappa shape index (κ2) is 6.60. The van der Waals surface area contributed by atoms with Crippen LogP contribution in [0.25, 0.3) is 22.6 Å². The Morgan fingerprint density at radius 1 is 1.12 bits per heavy atom. The van der Waals surface area contributed by atoms with Gasteiger partial charge in [-0.15, -0.1) is 0 Å². The van der Waals surface area contributed by atoms with E-state index in [1.54, 1.807) is 22.9 Å². The van der Waals surface area contributed by atoms with E-state index in [0.717, 1.165) is 6.42 Å². The van der Waals surface area contributed by atoms with Gasteiger partial charge in [-0.3, -0.25) is 13.9 Å². The maximum Gasteiger partial charge on any atom is 0.332 e. The predicted octanol–water partition coefficient (Wildman–Crippen LogP) is 2.42. The third-order valence-corrected chi connectivity index (χ3v) is 3.98. The zero-order valence-corrected chi connectivity index (χ0v) is 14.3. The lowest BCUT2D eigenvalue weighted by atomic mass is 10.3. The van der Waals surface area contributed by atoms with Crippen molar-refractivity contribution in [3.05, 3.63) is 44.3 Å². The van der Waals surface area contributed by atoms with Crippen molar-refractivity contribution in [1.82, 2.24) is 24.1 Å². The number of imidazole rings is 1. The molecule has 0 aromatic carbocycles. The standard InChI is InChI=1S/C16H18ClN5O2/c1-3-7-21-14-12(15(23)22(8-4-2)16(21)24)19-13(20-14)10-5-6-11(17)18-9-10/h5-6,9H,3-4,7-8H2,1-2H3,(H,19,20). The Morgan fingerprint density at radius 2 is 1.83 bits per heavy atom. The predicted molar refractivity (Wildman–Crippen MR) is 93.4 cm³/mol. The largest absolute Gasteiger partial charge is 0.332 e. The molecule has 1 N–H and O–H groups in total. The molecule has 3 aromatic rings. The Balaban J connectivity index is 2.29. The summed E-state index contributed by atoms with van der Waals surface area (Å²) < 4.78 is 2.82. The number of H-pyrrole nitrogens is 1. The molecule has 0 bridgehead atoms. The van der Waals surface area contributed by atoms with E-state index in [1.165, 1.54) is 4.57 Å². The van der Waals surface area contributed by atoms with Gasteiger partial charge in [0.25, 0.3) is 5.56 Å². The van der Waals surface area contributed by atoms with Gasteiger partial charge in [-0.25, -0.2) is 14.8 Å². The first-order valence-electron chi connectivity index (χ1n) is 7.92. The Labute approximate surface area is 142 Å². The number of rotatable bonds is 5. The van der Waals surface area contributed by atoms with Crippen molar-refractivity contribution in [3.63, 3.8) is 0 Å². The van der Waals surface area contributed by atoms with E-state index in [2.05, 4.69) is 15.0 Å². The maximum absolute atomic E-state index is 12.6. The van der Waals surface area contributed by atoms with Crippen LogP contribution in [0.2, 0.25) is 5.15 Å². The van der Waals surface area contributed by atoms with Gasteiger partial charge in [0.15, 0.2) is 5.65 Å². The van der Waals surface area contributed by atoms with Gasteiger partial charge in [-0.2, -0.15) is 0 Å². The van der Waals surface area contributed by atoms with E-state index in [0.29, 0.717) is 47.2 Å². The van der Waals surface area contributed by atoms with Gasteiger partial charge >= 0.3 is 5.69 Å². The van der Waals surface area contributed by atoms with Gasteiger partial charge in [-0.1, -0.05) is 25.4 Å². The van der Waals surface area contributed by atoms with Crippen molar-refractivity contribution in [3.8, 4) is 11.4 Å². The summed E-state index contributed by atoms with van der Waals surface area (Å²) in [5, 5.41) is 0.378. The number of aromatic nitrogens is 5. The Bertz CT molecular complexity index is 985. The quantitative estimate of drug-likeness (QED) is 0.718. The van der Waals surface area contributed by atoms with Gasteiger partial charge < -0.3 is 4.98 Å². The van der Waals surface area contributed by atoms with Crippen LogP contribution >= 0.6 is 11.6 Å². The summed E-state index contributed by atoms with van der Waals surface area (Å²) in [6, 6.07) is 3.42. The number of hydrogen-bond acceptors (Lipinski definition) is 4. The second-order valence-electron chi connectivity index (χ2n) is 5.54. The van der Waals surface area contributed by atoms with Crippen molar-refractivity contribution in [2.24, 2.45) is 0 Å². The zero-order valence-electron chi connectivity index (χ0n) is 13.5. The highest BCUT2D eigenvalue weighted by atomic mass is 35.5. The summed E-state index contributed by atoms with van der Waals surface area (Å²) in [6.45, 7) is 4.79. The van der Waals surface area contributed by atoms with Crippen LogP contribution in [0.5, 0.6) is 0 Å². The first kappa shape index (κ1) is 16.4. The topological polar surface area (TPSA) is 85.6 Å². The molecule has 3 aromatic heterocycles. The number of pyridine rings is 1. The number of hydrogen-bond donors (Lipinski definition) is 1. The fourth-order valence-corrected chi connectivity index (χ4v) is 2.78. The molecule has 8 heteroatoms. The fraction of sp³-hybridized carbons (Fsp3) is 0.375. The first-order chi connectivity index (χ1) is 11.6. The molecule has 3 rings (SSSR count). The average molecular weight is 348 g/mol. The first-order valence-corrected chi connectivity index (χ1v) is 8.29. The summed E-state index contributed by atoms with van der Waals surface area (Å²) in [6.07, 6.45) is 3.05. The molecule has 7 nitrogen and oxygen atoms in total. The lowest BCUT2D eigenvalue weighted by molar-refractivity contribution is 0.555. The van der Waals surface area contributed by atoms with Crippen molar-refractivity contribution in [1.29, 1.82) is 0 Å². The van der Waals surface area contributed by atoms with E-state index in [9.17, 15) is 9.59 Å². The normalized spacial score (nSPS) is 11.3. The van der Waals surface area contributed by atoms with Gasteiger partial charge in [0.1, 0.15) is 16.5 Å². The van der Waals surface area contributed by atoms with Gasteiger partial charge in [0, 0.05) is 24.8 Å². The number of fused-ring (bicyclic) bond motifs is 1. The summed E-state index contributed by atoms with van der Waals surface area (Å²) in [5.74, 6) is 0.491. The smallest absolute Gasteiger partial charge is 0.332 e. The van der Waals surface area contributed by atoms with Crippen molar-refractivity contribution >= 4 is 22.8 Å². The number of nitrogens with zero attached hydrogens (tertiary/aromatic N) is 4. The monoisotopic (exact) mass is 347 g/mol. The summed E-state index contributed by atoms with van der Waals surface area (Å²) in [4.78, 5) is 36.8. The summed E-state index contributed by atoms with van der Waals surface area (Å²) >= 11 is 5.81. The molecule has 0 fully saturated rings. The van der Waals surface area contributed by atoms with Crippen LogP contribution in [0.1, 0.15) is 26.7 Å². The Hall–Kier alpha value is -2.41. The van der Waals surface area contributed by atoms with Crippen molar-refractivity contribution in [2.45, 2.75) is 39.8 Å². The lowest BCUT2D eigenvalue weighted by Crippen LogP contribution is -2.40. The molecule has 126 valence electrons. The third-order valence-electron chi connectivity index (χ3n) is 3.76. The Morgan fingerprint density at radius 3 is 2.46 bits per heavy atom. The lowest BCUT2D eigenvalue weighted by Gasteiger charge is -2.09. The van der Waals surface area contributed by atoms with Gasteiger partial charge in [0.05, 0.1) is 0 Å². The molecule has 3 heterocycles. The van der Waals surface area contributed by atoms with Crippen LogP contribution in [-0.2, 0) is 13.1 Å². The molecule has 0 atom stereocenters. The SMILES string of the molecule is CCCn1c(=O)c2[nH]c(-c3ccc(Cl)nc3)nc2n(CCC)c1=O. The van der Waals surface area contributed by atoms with Gasteiger partial charge in [-0.05, 0) is 25.0 Å². The van der Waals surface area contributed by atoms with E-state index < -0.39 is 0 Å². The fourth-order valence-electron chi connectivity index (χ4n) is 2.67. The summed E-state index contributed by atoms with van der Waals surface area (Å²) in [5.41, 5.74) is 0.756. The van der Waals surface area contributed by atoms with Gasteiger partial charge in [0.2, 0.25) is 0 Å². The molecule has 0 saturated carbocycles. The van der Waals surface area contributed by atoms with E-state index in [1.807, 2.05) is 13.8 Å². The minimum absolute atomic E-state index is 0.316. The van der Waals surface area contributed by atoms with E-state index in [4.69, 9.17) is 11.6 Å². The van der Waals surface area contributed by atoms with Crippen LogP contribution in [-0.4, -0.2) is 24.1 Å². The molecule has 0 aliphatic rings. The highest BCUT2D eigenvalue weighted by Gasteiger charge is 2.17. The molecule has 0 unspecified atom stereocenters. The highest BCUT2D eigenvalue weighted by molar-refractivity contribution is 6.29. The van der Waals surface area contributed by atoms with Crippen molar-refractivity contribution in [2.75, 3.05) is 0 Å². The Kier molecular flexibility index (Phi) is 4.53. The van der Waals surface area contributed by atoms with E-state index >= 15 is 0 Å². The molecular weight excluding hydrogens is 330 g/mol. The van der Waals surface area contributed by atoms with Crippen LogP contribution < -0.4 is 11.2 Å². The molecule has 0 spiro atoms. The third kappa shape index (κ3) is 2.75. The molecule has 0 aliphatic heterocycles.